The van der Waals surface area contributed by atoms with Crippen LogP contribution in [0.3, 0.4) is 0 Å². The molecular weight excluding hydrogens is 404 g/mol. The molecule has 1 aliphatic heterocycles. The summed E-state index contributed by atoms with van der Waals surface area (Å²) in [4.78, 5) is 30.6. The summed E-state index contributed by atoms with van der Waals surface area (Å²) < 4.78 is 5.96. The monoisotopic (exact) mass is 430 g/mol. The number of benzene rings is 2. The van der Waals surface area contributed by atoms with Crippen molar-refractivity contribution in [3.8, 4) is 11.5 Å². The van der Waals surface area contributed by atoms with Crippen molar-refractivity contribution in [3.05, 3.63) is 83.2 Å². The zero-order valence-electron chi connectivity index (χ0n) is 18.2. The van der Waals surface area contributed by atoms with Crippen molar-refractivity contribution in [1.29, 1.82) is 0 Å². The summed E-state index contributed by atoms with van der Waals surface area (Å²) in [6.07, 6.45) is 3.18. The van der Waals surface area contributed by atoms with Crippen LogP contribution in [0.4, 0.5) is 10.5 Å². The van der Waals surface area contributed by atoms with Gasteiger partial charge < -0.3 is 20.3 Å². The Bertz CT molecular complexity index is 1150. The molecule has 2 heterocycles. The third-order valence-corrected chi connectivity index (χ3v) is 5.54. The first-order valence-electron chi connectivity index (χ1n) is 10.7. The average molecular weight is 431 g/mol. The lowest BCUT2D eigenvalue weighted by atomic mass is 9.99. The summed E-state index contributed by atoms with van der Waals surface area (Å²) in [5.41, 5.74) is 4.51. The van der Waals surface area contributed by atoms with Gasteiger partial charge in [-0.3, -0.25) is 9.78 Å². The standard InChI is InChI=1S/C25H26N4O3/c1-3-17-6-4-5-7-22(17)28-25(31)29-13-11-18-8-9-20(14-19(18)16-29)32-21-10-12-27-23(15-21)24(30)26-2/h4-10,12,14-15H,3,11,13,16H2,1-2H3,(H,26,30)(H,28,31). The third-order valence-electron chi connectivity index (χ3n) is 5.54. The number of aromatic nitrogens is 1. The van der Waals surface area contributed by atoms with Crippen molar-refractivity contribution in [3.63, 3.8) is 0 Å². The Morgan fingerprint density at radius 2 is 1.88 bits per heavy atom. The number of urea groups is 1. The van der Waals surface area contributed by atoms with Gasteiger partial charge in [0.05, 0.1) is 0 Å². The zero-order valence-corrected chi connectivity index (χ0v) is 18.2. The van der Waals surface area contributed by atoms with E-state index in [1.807, 2.05) is 47.4 Å². The van der Waals surface area contributed by atoms with Crippen molar-refractivity contribution < 1.29 is 14.3 Å². The van der Waals surface area contributed by atoms with Crippen LogP contribution >= 0.6 is 0 Å². The van der Waals surface area contributed by atoms with E-state index in [9.17, 15) is 9.59 Å². The summed E-state index contributed by atoms with van der Waals surface area (Å²) in [5, 5.41) is 5.60. The van der Waals surface area contributed by atoms with Gasteiger partial charge in [0.15, 0.2) is 0 Å². The second kappa shape index (κ2) is 9.51. The summed E-state index contributed by atoms with van der Waals surface area (Å²) >= 11 is 0. The normalized spacial score (nSPS) is 12.6. The van der Waals surface area contributed by atoms with Gasteiger partial charge in [-0.05, 0) is 53.8 Å². The number of ether oxygens (including phenoxy) is 1. The van der Waals surface area contributed by atoms with Crippen LogP contribution in [0, 0.1) is 0 Å². The Labute approximate surface area is 187 Å². The van der Waals surface area contributed by atoms with Gasteiger partial charge in [0.2, 0.25) is 0 Å². The van der Waals surface area contributed by atoms with Gasteiger partial charge in [0, 0.05) is 38.1 Å². The molecule has 0 aliphatic carbocycles. The Balaban J connectivity index is 1.47. The number of nitrogens with one attached hydrogen (secondary N) is 2. The summed E-state index contributed by atoms with van der Waals surface area (Å²) in [5.74, 6) is 0.906. The number of hydrogen-bond donors (Lipinski definition) is 2. The molecule has 0 radical (unpaired) electrons. The number of nitrogens with zero attached hydrogens (tertiary/aromatic N) is 2. The quantitative estimate of drug-likeness (QED) is 0.629. The molecule has 0 unspecified atom stereocenters. The predicted molar refractivity (Wildman–Crippen MR) is 123 cm³/mol. The molecule has 32 heavy (non-hydrogen) atoms. The number of carbonyl (C=O) groups is 2. The Kier molecular flexibility index (Phi) is 6.35. The first-order valence-corrected chi connectivity index (χ1v) is 10.7. The number of rotatable bonds is 5. The molecular formula is C25H26N4O3. The molecule has 1 aromatic heterocycles. The second-order valence-corrected chi connectivity index (χ2v) is 7.60. The molecule has 7 heteroatoms. The van der Waals surface area contributed by atoms with E-state index in [1.165, 1.54) is 5.56 Å². The number of para-hydroxylation sites is 1. The molecule has 0 saturated carbocycles. The smallest absolute Gasteiger partial charge is 0.322 e. The van der Waals surface area contributed by atoms with E-state index in [0.717, 1.165) is 29.7 Å². The van der Waals surface area contributed by atoms with Crippen LogP contribution in [-0.2, 0) is 19.4 Å². The first-order chi connectivity index (χ1) is 15.6. The van der Waals surface area contributed by atoms with Gasteiger partial charge in [0.25, 0.3) is 5.91 Å². The lowest BCUT2D eigenvalue weighted by Gasteiger charge is -2.29. The number of pyridine rings is 1. The third kappa shape index (κ3) is 4.72. The first kappa shape index (κ1) is 21.4. The maximum Gasteiger partial charge on any atom is 0.322 e. The summed E-state index contributed by atoms with van der Waals surface area (Å²) in [7, 11) is 1.56. The van der Waals surface area contributed by atoms with E-state index in [2.05, 4.69) is 22.5 Å². The number of aryl methyl sites for hydroxylation is 1. The van der Waals surface area contributed by atoms with Crippen molar-refractivity contribution in [2.45, 2.75) is 26.3 Å². The van der Waals surface area contributed by atoms with E-state index >= 15 is 0 Å². The zero-order chi connectivity index (χ0) is 22.5. The van der Waals surface area contributed by atoms with Gasteiger partial charge in [-0.1, -0.05) is 31.2 Å². The molecule has 4 rings (SSSR count). The minimum atomic E-state index is -0.271. The predicted octanol–water partition coefficient (Wildman–Crippen LogP) is 4.39. The topological polar surface area (TPSA) is 83.6 Å². The molecule has 0 spiro atoms. The van der Waals surface area contributed by atoms with Crippen LogP contribution < -0.4 is 15.4 Å². The van der Waals surface area contributed by atoms with Gasteiger partial charge >= 0.3 is 6.03 Å². The molecule has 1 aliphatic rings. The minimum absolute atomic E-state index is 0.104. The molecule has 0 fully saturated rings. The number of fused-ring (bicyclic) bond motifs is 1. The Morgan fingerprint density at radius 3 is 2.69 bits per heavy atom. The highest BCUT2D eigenvalue weighted by atomic mass is 16.5. The van der Waals surface area contributed by atoms with Crippen LogP contribution in [0.2, 0.25) is 0 Å². The Morgan fingerprint density at radius 1 is 1.06 bits per heavy atom. The summed E-state index contributed by atoms with van der Waals surface area (Å²) in [6, 6.07) is 17.0. The van der Waals surface area contributed by atoms with Crippen LogP contribution in [0.1, 0.15) is 34.1 Å². The number of hydrogen-bond acceptors (Lipinski definition) is 4. The van der Waals surface area contributed by atoms with Crippen LogP contribution in [-0.4, -0.2) is 35.4 Å². The molecule has 7 nitrogen and oxygen atoms in total. The van der Waals surface area contributed by atoms with Gasteiger partial charge in [-0.2, -0.15) is 0 Å². The van der Waals surface area contributed by atoms with E-state index in [-0.39, 0.29) is 17.6 Å². The molecule has 2 N–H and O–H groups in total. The number of anilines is 1. The molecule has 164 valence electrons. The molecule has 3 amide bonds. The minimum Gasteiger partial charge on any atom is -0.457 e. The van der Waals surface area contributed by atoms with Crippen molar-refractivity contribution >= 4 is 17.6 Å². The second-order valence-electron chi connectivity index (χ2n) is 7.60. The number of amides is 3. The summed E-state index contributed by atoms with van der Waals surface area (Å²) in [6.45, 7) is 3.24. The van der Waals surface area contributed by atoms with Crippen molar-refractivity contribution in [1.82, 2.24) is 15.2 Å². The van der Waals surface area contributed by atoms with Crippen LogP contribution in [0.5, 0.6) is 11.5 Å². The molecule has 0 bridgehead atoms. The lowest BCUT2D eigenvalue weighted by molar-refractivity contribution is 0.0958. The molecule has 3 aromatic rings. The van der Waals surface area contributed by atoms with Gasteiger partial charge in [-0.15, -0.1) is 0 Å². The van der Waals surface area contributed by atoms with Crippen LogP contribution in [0.25, 0.3) is 0 Å². The lowest BCUT2D eigenvalue weighted by Crippen LogP contribution is -2.39. The highest BCUT2D eigenvalue weighted by Gasteiger charge is 2.22. The van der Waals surface area contributed by atoms with Crippen molar-refractivity contribution in [2.75, 3.05) is 18.9 Å². The molecule has 0 atom stereocenters. The SMILES string of the molecule is CCc1ccccc1NC(=O)N1CCc2ccc(Oc3ccnc(C(=O)NC)c3)cc2C1. The van der Waals surface area contributed by atoms with E-state index in [1.54, 1.807) is 25.4 Å². The van der Waals surface area contributed by atoms with Gasteiger partial charge in [-0.25, -0.2) is 4.79 Å². The Hall–Kier alpha value is -3.87. The fourth-order valence-electron chi connectivity index (χ4n) is 3.78. The molecule has 2 aromatic carbocycles. The fourth-order valence-corrected chi connectivity index (χ4v) is 3.78. The van der Waals surface area contributed by atoms with Crippen LogP contribution in [0.15, 0.2) is 60.8 Å². The fraction of sp³-hybridized carbons (Fsp3) is 0.240. The van der Waals surface area contributed by atoms with Crippen molar-refractivity contribution in [2.24, 2.45) is 0 Å². The molecule has 0 saturated heterocycles. The maximum atomic E-state index is 12.9. The highest BCUT2D eigenvalue weighted by Crippen LogP contribution is 2.28. The highest BCUT2D eigenvalue weighted by molar-refractivity contribution is 5.92. The average Bonchev–Trinajstić information content (AvgIpc) is 2.83. The van der Waals surface area contributed by atoms with E-state index < -0.39 is 0 Å². The largest absolute Gasteiger partial charge is 0.457 e. The maximum absolute atomic E-state index is 12.9. The van der Waals surface area contributed by atoms with E-state index in [4.69, 9.17) is 4.74 Å². The number of carbonyl (C=O) groups excluding carboxylic acids is 2. The van der Waals surface area contributed by atoms with Gasteiger partial charge in [0.1, 0.15) is 17.2 Å². The van der Waals surface area contributed by atoms with E-state index in [0.29, 0.717) is 24.6 Å².